The van der Waals surface area contributed by atoms with E-state index in [-0.39, 0.29) is 18.0 Å². The summed E-state index contributed by atoms with van der Waals surface area (Å²) in [7, 11) is 0. The fourth-order valence-electron chi connectivity index (χ4n) is 1.67. The summed E-state index contributed by atoms with van der Waals surface area (Å²) in [4.78, 5) is 10.9. The van der Waals surface area contributed by atoms with Crippen LogP contribution in [0.4, 0.5) is 0 Å². The first kappa shape index (κ1) is 6.31. The van der Waals surface area contributed by atoms with Crippen LogP contribution < -0.4 is 0 Å². The first-order chi connectivity index (χ1) is 4.77. The van der Waals surface area contributed by atoms with Gasteiger partial charge >= 0.3 is 0 Å². The summed E-state index contributed by atoms with van der Waals surface area (Å²) in [6.07, 6.45) is 1.29. The topological polar surface area (TPSA) is 46.5 Å². The monoisotopic (exact) mass is 142 g/mol. The van der Waals surface area contributed by atoms with Crippen molar-refractivity contribution in [2.45, 2.75) is 37.6 Å². The Balaban J connectivity index is 2.17. The van der Waals surface area contributed by atoms with Crippen LogP contribution in [0, 0.1) is 0 Å². The first-order valence-electron chi connectivity index (χ1n) is 3.63. The van der Waals surface area contributed by atoms with Gasteiger partial charge in [0.1, 0.15) is 6.10 Å². The Labute approximate surface area is 59.0 Å². The predicted octanol–water partition coefficient (Wildman–Crippen LogP) is -0.132. The number of aliphatic hydroxyl groups excluding tert-OH is 1. The molecule has 0 unspecified atom stereocenters. The third kappa shape index (κ3) is 0.777. The van der Waals surface area contributed by atoms with Gasteiger partial charge in [-0.05, 0) is 12.8 Å². The van der Waals surface area contributed by atoms with E-state index in [4.69, 9.17) is 4.74 Å². The van der Waals surface area contributed by atoms with Crippen LogP contribution in [0.3, 0.4) is 0 Å². The van der Waals surface area contributed by atoms with Crippen molar-refractivity contribution in [3.63, 3.8) is 0 Å². The van der Waals surface area contributed by atoms with Crippen molar-refractivity contribution in [3.05, 3.63) is 0 Å². The van der Waals surface area contributed by atoms with E-state index in [1.54, 1.807) is 0 Å². The van der Waals surface area contributed by atoms with Gasteiger partial charge in [0.2, 0.25) is 0 Å². The number of fused-ring (bicyclic) bond motifs is 2. The second-order valence-electron chi connectivity index (χ2n) is 2.99. The lowest BCUT2D eigenvalue weighted by molar-refractivity contribution is -0.147. The molecule has 2 aliphatic heterocycles. The first-order valence-corrected chi connectivity index (χ1v) is 3.63. The summed E-state index contributed by atoms with van der Waals surface area (Å²) in [6.45, 7) is 0. The van der Waals surface area contributed by atoms with Crippen LogP contribution in [0.1, 0.15) is 19.3 Å². The second kappa shape index (κ2) is 2.04. The molecule has 2 fully saturated rings. The number of carbonyl (C=O) groups is 1. The van der Waals surface area contributed by atoms with Crippen LogP contribution in [0.15, 0.2) is 0 Å². The molecule has 0 spiro atoms. The van der Waals surface area contributed by atoms with Gasteiger partial charge in [-0.3, -0.25) is 4.79 Å². The van der Waals surface area contributed by atoms with Gasteiger partial charge in [-0.15, -0.1) is 0 Å². The molecule has 2 bridgehead atoms. The molecule has 2 aliphatic rings. The van der Waals surface area contributed by atoms with Crippen molar-refractivity contribution in [3.8, 4) is 0 Å². The van der Waals surface area contributed by atoms with Crippen molar-refractivity contribution in [2.24, 2.45) is 0 Å². The smallest absolute Gasteiger partial charge is 0.166 e. The Morgan fingerprint density at radius 3 is 3.10 bits per heavy atom. The van der Waals surface area contributed by atoms with Gasteiger partial charge in [0.25, 0.3) is 0 Å². The Kier molecular flexibility index (Phi) is 1.28. The normalized spacial score (nSPS) is 46.1. The molecule has 0 aromatic carbocycles. The minimum Gasteiger partial charge on any atom is -0.383 e. The Hall–Kier alpha value is -0.410. The van der Waals surface area contributed by atoms with E-state index < -0.39 is 6.10 Å². The zero-order valence-electron chi connectivity index (χ0n) is 5.62. The van der Waals surface area contributed by atoms with Crippen molar-refractivity contribution < 1.29 is 14.6 Å². The number of Topliss-reactive ketones (excluding diaryl/α,β-unsaturated/α-hetero) is 1. The molecule has 0 aromatic heterocycles. The van der Waals surface area contributed by atoms with E-state index in [1.807, 2.05) is 0 Å². The molecule has 56 valence electrons. The molecule has 3 atom stereocenters. The number of hydrogen-bond donors (Lipinski definition) is 1. The Morgan fingerprint density at radius 1 is 1.50 bits per heavy atom. The number of ether oxygens (including phenoxy) is 1. The van der Waals surface area contributed by atoms with Crippen LogP contribution in [0.5, 0.6) is 0 Å². The molecule has 0 aliphatic carbocycles. The number of ketones is 1. The fraction of sp³-hybridized carbons (Fsp3) is 0.857. The lowest BCUT2D eigenvalue weighted by atomic mass is 10.1. The maximum absolute atomic E-state index is 10.9. The minimum atomic E-state index is -0.834. The minimum absolute atomic E-state index is 0.0428. The third-order valence-electron chi connectivity index (χ3n) is 2.25. The Bertz CT molecular complexity index is 166. The van der Waals surface area contributed by atoms with Crippen LogP contribution in [0.25, 0.3) is 0 Å². The standard InChI is InChI=1S/C7H10O3/c8-5-3-4-1-2-6(10-4)7(5)9/h4,6-7,9H,1-3H2/t4-,6+,7-/m1/s1. The number of hydrogen-bond acceptors (Lipinski definition) is 3. The molecule has 3 nitrogen and oxygen atoms in total. The van der Waals surface area contributed by atoms with E-state index in [2.05, 4.69) is 0 Å². The zero-order valence-corrected chi connectivity index (χ0v) is 5.62. The zero-order chi connectivity index (χ0) is 7.14. The highest BCUT2D eigenvalue weighted by Crippen LogP contribution is 2.30. The summed E-state index contributed by atoms with van der Waals surface area (Å²) >= 11 is 0. The summed E-state index contributed by atoms with van der Waals surface area (Å²) < 4.78 is 5.31. The molecule has 1 N–H and O–H groups in total. The highest BCUT2D eigenvalue weighted by Gasteiger charge is 2.40. The van der Waals surface area contributed by atoms with Crippen molar-refractivity contribution >= 4 is 5.78 Å². The molecular formula is C7H10O3. The van der Waals surface area contributed by atoms with Gasteiger partial charge in [0.15, 0.2) is 5.78 Å². The van der Waals surface area contributed by atoms with Crippen molar-refractivity contribution in [1.82, 2.24) is 0 Å². The van der Waals surface area contributed by atoms with Gasteiger partial charge in [-0.2, -0.15) is 0 Å². The average Bonchev–Trinajstić information content (AvgIpc) is 2.29. The van der Waals surface area contributed by atoms with Crippen LogP contribution >= 0.6 is 0 Å². The number of rotatable bonds is 0. The van der Waals surface area contributed by atoms with Crippen molar-refractivity contribution in [1.29, 1.82) is 0 Å². The molecular weight excluding hydrogens is 132 g/mol. The molecule has 2 rings (SSSR count). The van der Waals surface area contributed by atoms with E-state index in [0.29, 0.717) is 6.42 Å². The van der Waals surface area contributed by atoms with Gasteiger partial charge in [0.05, 0.1) is 12.2 Å². The predicted molar refractivity (Wildman–Crippen MR) is 33.5 cm³/mol. The van der Waals surface area contributed by atoms with Crippen LogP contribution in [0.2, 0.25) is 0 Å². The van der Waals surface area contributed by atoms with Gasteiger partial charge in [0, 0.05) is 6.42 Å². The molecule has 0 aromatic rings. The highest BCUT2D eigenvalue weighted by atomic mass is 16.5. The van der Waals surface area contributed by atoms with E-state index in [0.717, 1.165) is 12.8 Å². The largest absolute Gasteiger partial charge is 0.383 e. The second-order valence-corrected chi connectivity index (χ2v) is 2.99. The van der Waals surface area contributed by atoms with Crippen LogP contribution in [-0.2, 0) is 9.53 Å². The van der Waals surface area contributed by atoms with E-state index in [9.17, 15) is 9.90 Å². The molecule has 3 heteroatoms. The fourth-order valence-corrected chi connectivity index (χ4v) is 1.67. The molecule has 0 amide bonds. The van der Waals surface area contributed by atoms with E-state index >= 15 is 0 Å². The summed E-state index contributed by atoms with van der Waals surface area (Å²) in [5.41, 5.74) is 0. The lowest BCUT2D eigenvalue weighted by Gasteiger charge is -2.23. The molecule has 0 radical (unpaired) electrons. The maximum Gasteiger partial charge on any atom is 0.166 e. The summed E-state index contributed by atoms with van der Waals surface area (Å²) in [5.74, 6) is -0.0428. The van der Waals surface area contributed by atoms with Gasteiger partial charge < -0.3 is 9.84 Å². The Morgan fingerprint density at radius 2 is 2.30 bits per heavy atom. The van der Waals surface area contributed by atoms with Gasteiger partial charge in [-0.25, -0.2) is 0 Å². The molecule has 2 heterocycles. The SMILES string of the molecule is O=C1C[C@H]2CC[C@H](O2)[C@@H]1O. The lowest BCUT2D eigenvalue weighted by Crippen LogP contribution is -2.39. The third-order valence-corrected chi connectivity index (χ3v) is 2.25. The summed E-state index contributed by atoms with van der Waals surface area (Å²) in [6, 6.07) is 0. The number of aliphatic hydroxyl groups is 1. The summed E-state index contributed by atoms with van der Waals surface area (Å²) in [5, 5.41) is 9.19. The number of carbonyl (C=O) groups excluding carboxylic acids is 1. The maximum atomic E-state index is 10.9. The highest BCUT2D eigenvalue weighted by molar-refractivity contribution is 5.84. The molecule has 10 heavy (non-hydrogen) atoms. The molecule has 0 saturated carbocycles. The van der Waals surface area contributed by atoms with Gasteiger partial charge in [-0.1, -0.05) is 0 Å². The van der Waals surface area contributed by atoms with Crippen molar-refractivity contribution in [2.75, 3.05) is 0 Å². The van der Waals surface area contributed by atoms with Crippen LogP contribution in [-0.4, -0.2) is 29.2 Å². The molecule has 2 saturated heterocycles. The average molecular weight is 142 g/mol. The quantitative estimate of drug-likeness (QED) is 0.512. The van der Waals surface area contributed by atoms with E-state index in [1.165, 1.54) is 0 Å².